The van der Waals surface area contributed by atoms with Crippen LogP contribution >= 0.6 is 0 Å². The summed E-state index contributed by atoms with van der Waals surface area (Å²) in [6.07, 6.45) is 0. The minimum absolute atomic E-state index is 0.0791. The quantitative estimate of drug-likeness (QED) is 0.804. The van der Waals surface area contributed by atoms with E-state index in [0.29, 0.717) is 11.5 Å². The first kappa shape index (κ1) is 15.3. The summed E-state index contributed by atoms with van der Waals surface area (Å²) in [5.41, 5.74) is 5.56. The van der Waals surface area contributed by atoms with Crippen LogP contribution < -0.4 is 20.1 Å². The Labute approximate surface area is 127 Å². The average Bonchev–Trinajstić information content (AvgIpc) is 2.51. The van der Waals surface area contributed by atoms with Crippen LogP contribution in [0.25, 0.3) is 0 Å². The number of carbonyl (C=O) groups is 1. The molecular formula is C15H16N2O5. The molecule has 0 fully saturated rings. The van der Waals surface area contributed by atoms with Crippen molar-refractivity contribution >= 4 is 17.4 Å². The van der Waals surface area contributed by atoms with Crippen LogP contribution in [0.15, 0.2) is 36.4 Å². The molecule has 0 radical (unpaired) electrons. The van der Waals surface area contributed by atoms with Crippen molar-refractivity contribution in [3.8, 4) is 23.0 Å². The van der Waals surface area contributed by atoms with Crippen molar-refractivity contribution in [3.05, 3.63) is 36.4 Å². The van der Waals surface area contributed by atoms with E-state index in [1.165, 1.54) is 50.6 Å². The predicted molar refractivity (Wildman–Crippen MR) is 81.0 cm³/mol. The van der Waals surface area contributed by atoms with Crippen molar-refractivity contribution < 1.29 is 24.5 Å². The van der Waals surface area contributed by atoms with Crippen molar-refractivity contribution in [2.75, 3.05) is 19.1 Å². The summed E-state index contributed by atoms with van der Waals surface area (Å²) in [4.78, 5) is 12.8. The first-order valence-electron chi connectivity index (χ1n) is 6.31. The van der Waals surface area contributed by atoms with Crippen LogP contribution in [0.2, 0.25) is 0 Å². The van der Waals surface area contributed by atoms with Gasteiger partial charge in [0.1, 0.15) is 23.0 Å². The highest BCUT2D eigenvalue weighted by atomic mass is 16.5. The van der Waals surface area contributed by atoms with E-state index in [4.69, 9.17) is 15.2 Å². The zero-order valence-corrected chi connectivity index (χ0v) is 12.1. The third-order valence-corrected chi connectivity index (χ3v) is 3.07. The Morgan fingerprint density at radius 3 is 1.68 bits per heavy atom. The highest BCUT2D eigenvalue weighted by Gasteiger charge is 2.22. The average molecular weight is 304 g/mol. The van der Waals surface area contributed by atoms with Gasteiger partial charge in [0, 0.05) is 12.1 Å². The highest BCUT2D eigenvalue weighted by Crippen LogP contribution is 2.40. The molecule has 0 bridgehead atoms. The Kier molecular flexibility index (Phi) is 4.26. The fourth-order valence-corrected chi connectivity index (χ4v) is 1.99. The number of hydrogen-bond donors (Lipinski definition) is 3. The molecule has 2 rings (SSSR count). The molecule has 2 amide bonds. The molecule has 0 aliphatic heterocycles. The zero-order chi connectivity index (χ0) is 16.3. The molecule has 0 aromatic heterocycles. The number of carbonyl (C=O) groups excluding carboxylic acids is 1. The number of aromatic hydroxyl groups is 2. The minimum Gasteiger partial charge on any atom is -0.506 e. The molecule has 0 aliphatic rings. The van der Waals surface area contributed by atoms with Crippen LogP contribution in [0.3, 0.4) is 0 Å². The van der Waals surface area contributed by atoms with Crippen LogP contribution in [-0.2, 0) is 0 Å². The number of anilines is 2. The molecular weight excluding hydrogens is 288 g/mol. The second kappa shape index (κ2) is 6.13. The number of nitrogens with zero attached hydrogens (tertiary/aromatic N) is 1. The van der Waals surface area contributed by atoms with Crippen LogP contribution in [0.1, 0.15) is 0 Å². The smallest absolute Gasteiger partial charge is 0.324 e. The fourth-order valence-electron chi connectivity index (χ4n) is 1.99. The van der Waals surface area contributed by atoms with E-state index in [0.717, 1.165) is 4.90 Å². The lowest BCUT2D eigenvalue weighted by Gasteiger charge is -2.23. The summed E-state index contributed by atoms with van der Waals surface area (Å²) in [6, 6.07) is 7.76. The third kappa shape index (κ3) is 2.83. The second-order valence-corrected chi connectivity index (χ2v) is 4.38. The van der Waals surface area contributed by atoms with Crippen LogP contribution in [-0.4, -0.2) is 30.5 Å². The molecule has 22 heavy (non-hydrogen) atoms. The summed E-state index contributed by atoms with van der Waals surface area (Å²) >= 11 is 0. The van der Waals surface area contributed by atoms with Crippen molar-refractivity contribution in [1.82, 2.24) is 0 Å². The van der Waals surface area contributed by atoms with Gasteiger partial charge in [-0.2, -0.15) is 0 Å². The molecule has 4 N–H and O–H groups in total. The van der Waals surface area contributed by atoms with Crippen molar-refractivity contribution in [1.29, 1.82) is 0 Å². The highest BCUT2D eigenvalue weighted by molar-refractivity contribution is 6.01. The van der Waals surface area contributed by atoms with E-state index in [-0.39, 0.29) is 22.9 Å². The Morgan fingerprint density at radius 1 is 0.955 bits per heavy atom. The van der Waals surface area contributed by atoms with Gasteiger partial charge in [-0.15, -0.1) is 0 Å². The molecule has 116 valence electrons. The summed E-state index contributed by atoms with van der Waals surface area (Å²) in [5.74, 6) is 0.450. The van der Waals surface area contributed by atoms with Crippen LogP contribution in [0, 0.1) is 0 Å². The molecule has 7 nitrogen and oxygen atoms in total. The topological polar surface area (TPSA) is 105 Å². The van der Waals surface area contributed by atoms with Gasteiger partial charge >= 0.3 is 6.03 Å². The molecule has 0 saturated carbocycles. The predicted octanol–water partition coefficient (Wildman–Crippen LogP) is 2.33. The number of phenols is 2. The van der Waals surface area contributed by atoms with Crippen molar-refractivity contribution in [3.63, 3.8) is 0 Å². The molecule has 0 heterocycles. The van der Waals surface area contributed by atoms with Gasteiger partial charge < -0.3 is 25.4 Å². The Bertz CT molecular complexity index is 649. The Hall–Kier alpha value is -3.09. The van der Waals surface area contributed by atoms with E-state index in [2.05, 4.69) is 0 Å². The maximum atomic E-state index is 11.8. The lowest BCUT2D eigenvalue weighted by Crippen LogP contribution is -2.31. The number of rotatable bonds is 4. The molecule has 2 aromatic rings. The molecule has 0 atom stereocenters. The standard InChI is InChI=1S/C15H16N2O5/c1-21-9-3-5-13(18)11(7-9)17(15(16)20)12-8-10(22-2)4-6-14(12)19/h3-8,18-19H,1-2H3,(H2,16,20). The number of urea groups is 1. The fraction of sp³-hybridized carbons (Fsp3) is 0.133. The Balaban J connectivity index is 2.63. The summed E-state index contributed by atoms with van der Waals surface area (Å²) in [7, 11) is 2.90. The van der Waals surface area contributed by atoms with Gasteiger partial charge in [-0.1, -0.05) is 0 Å². The monoisotopic (exact) mass is 304 g/mol. The number of primary amides is 1. The van der Waals surface area contributed by atoms with E-state index >= 15 is 0 Å². The van der Waals surface area contributed by atoms with Gasteiger partial charge in [0.15, 0.2) is 0 Å². The first-order valence-corrected chi connectivity index (χ1v) is 6.31. The zero-order valence-electron chi connectivity index (χ0n) is 12.1. The largest absolute Gasteiger partial charge is 0.506 e. The normalized spacial score (nSPS) is 10.1. The van der Waals surface area contributed by atoms with Crippen LogP contribution in [0.4, 0.5) is 16.2 Å². The molecule has 2 aromatic carbocycles. The van der Waals surface area contributed by atoms with E-state index in [1.54, 1.807) is 0 Å². The van der Waals surface area contributed by atoms with Gasteiger partial charge in [0.25, 0.3) is 0 Å². The lowest BCUT2D eigenvalue weighted by atomic mass is 10.2. The summed E-state index contributed by atoms with van der Waals surface area (Å²) in [5, 5.41) is 20.0. The van der Waals surface area contributed by atoms with E-state index in [1.807, 2.05) is 0 Å². The number of methoxy groups -OCH3 is 2. The van der Waals surface area contributed by atoms with Gasteiger partial charge in [-0.3, -0.25) is 4.90 Å². The minimum atomic E-state index is -0.882. The maximum absolute atomic E-state index is 11.8. The van der Waals surface area contributed by atoms with E-state index < -0.39 is 6.03 Å². The number of phenolic OH excluding ortho intramolecular Hbond substituents is 2. The molecule has 7 heteroatoms. The van der Waals surface area contributed by atoms with Crippen LogP contribution in [0.5, 0.6) is 23.0 Å². The van der Waals surface area contributed by atoms with Gasteiger partial charge in [-0.05, 0) is 24.3 Å². The maximum Gasteiger partial charge on any atom is 0.324 e. The number of ether oxygens (including phenoxy) is 2. The number of hydrogen-bond acceptors (Lipinski definition) is 5. The molecule has 0 unspecified atom stereocenters. The summed E-state index contributed by atoms with van der Waals surface area (Å²) < 4.78 is 10.1. The number of amides is 2. The summed E-state index contributed by atoms with van der Waals surface area (Å²) in [6.45, 7) is 0. The molecule has 0 spiro atoms. The number of benzene rings is 2. The first-order chi connectivity index (χ1) is 10.5. The second-order valence-electron chi connectivity index (χ2n) is 4.38. The van der Waals surface area contributed by atoms with Gasteiger partial charge in [0.05, 0.1) is 25.6 Å². The van der Waals surface area contributed by atoms with Gasteiger partial charge in [-0.25, -0.2) is 4.79 Å². The molecule has 0 aliphatic carbocycles. The number of nitrogens with two attached hydrogens (primary N) is 1. The molecule has 0 saturated heterocycles. The van der Waals surface area contributed by atoms with E-state index in [9.17, 15) is 15.0 Å². The Morgan fingerprint density at radius 2 is 1.36 bits per heavy atom. The van der Waals surface area contributed by atoms with Crippen molar-refractivity contribution in [2.45, 2.75) is 0 Å². The third-order valence-electron chi connectivity index (χ3n) is 3.07. The van der Waals surface area contributed by atoms with Crippen molar-refractivity contribution in [2.24, 2.45) is 5.73 Å². The van der Waals surface area contributed by atoms with Gasteiger partial charge in [0.2, 0.25) is 0 Å². The SMILES string of the molecule is COc1ccc(O)c(N(C(N)=O)c2cc(OC)ccc2O)c1. The lowest BCUT2D eigenvalue weighted by molar-refractivity contribution is 0.255.